The number of amides is 2. The van der Waals surface area contributed by atoms with Crippen molar-refractivity contribution in [3.05, 3.63) is 0 Å². The van der Waals surface area contributed by atoms with Crippen LogP contribution in [-0.2, 0) is 9.59 Å². The monoisotopic (exact) mass is 199 g/mol. The van der Waals surface area contributed by atoms with Crippen molar-refractivity contribution < 1.29 is 9.59 Å². The molecule has 0 aliphatic carbocycles. The summed E-state index contributed by atoms with van der Waals surface area (Å²) in [4.78, 5) is 24.6. The average molecular weight is 199 g/mol. The molecule has 1 aliphatic heterocycles. The van der Waals surface area contributed by atoms with Gasteiger partial charge in [-0.1, -0.05) is 6.92 Å². The third-order valence-electron chi connectivity index (χ3n) is 2.42. The van der Waals surface area contributed by atoms with Crippen molar-refractivity contribution in [2.45, 2.75) is 19.4 Å². The van der Waals surface area contributed by atoms with E-state index in [1.54, 1.807) is 11.9 Å². The van der Waals surface area contributed by atoms with E-state index in [0.29, 0.717) is 19.5 Å². The molecule has 80 valence electrons. The summed E-state index contributed by atoms with van der Waals surface area (Å²) in [5, 5.41) is 5.68. The van der Waals surface area contributed by atoms with E-state index in [0.717, 1.165) is 6.54 Å². The lowest BCUT2D eigenvalue weighted by Gasteiger charge is -2.34. The zero-order valence-electron chi connectivity index (χ0n) is 8.67. The number of hydrogen-bond acceptors (Lipinski definition) is 3. The second-order valence-corrected chi connectivity index (χ2v) is 3.27. The second-order valence-electron chi connectivity index (χ2n) is 3.27. The van der Waals surface area contributed by atoms with E-state index in [1.807, 2.05) is 6.92 Å². The van der Waals surface area contributed by atoms with Gasteiger partial charge in [-0.25, -0.2) is 0 Å². The smallest absolute Gasteiger partial charge is 0.243 e. The summed E-state index contributed by atoms with van der Waals surface area (Å²) in [6.45, 7) is 3.74. The van der Waals surface area contributed by atoms with Crippen LogP contribution in [0.3, 0.4) is 0 Å². The highest BCUT2D eigenvalue weighted by Gasteiger charge is 2.30. The third-order valence-corrected chi connectivity index (χ3v) is 2.42. The average Bonchev–Trinajstić information content (AvgIpc) is 2.27. The molecule has 1 rings (SSSR count). The van der Waals surface area contributed by atoms with Crippen molar-refractivity contribution in [1.29, 1.82) is 0 Å². The van der Waals surface area contributed by atoms with Gasteiger partial charge in [-0.05, 0) is 0 Å². The fourth-order valence-electron chi connectivity index (χ4n) is 1.61. The van der Waals surface area contributed by atoms with Gasteiger partial charge >= 0.3 is 0 Å². The molecular weight excluding hydrogens is 182 g/mol. The van der Waals surface area contributed by atoms with Gasteiger partial charge in [-0.15, -0.1) is 0 Å². The minimum absolute atomic E-state index is 0.0418. The highest BCUT2D eigenvalue weighted by atomic mass is 16.2. The zero-order chi connectivity index (χ0) is 10.6. The first kappa shape index (κ1) is 11.0. The summed E-state index contributed by atoms with van der Waals surface area (Å²) in [6, 6.07) is -0.346. The van der Waals surface area contributed by atoms with E-state index >= 15 is 0 Å². The molecule has 5 nitrogen and oxygen atoms in total. The lowest BCUT2D eigenvalue weighted by atomic mass is 10.1. The fraction of sp³-hybridized carbons (Fsp3) is 0.778. The quantitative estimate of drug-likeness (QED) is 0.596. The summed E-state index contributed by atoms with van der Waals surface area (Å²) in [6.07, 6.45) is 0.452. The van der Waals surface area contributed by atoms with Gasteiger partial charge in [0.05, 0.1) is 0 Å². The van der Waals surface area contributed by atoms with Crippen molar-refractivity contribution in [3.8, 4) is 0 Å². The Bertz CT molecular complexity index is 206. The predicted octanol–water partition coefficient (Wildman–Crippen LogP) is -1.06. The van der Waals surface area contributed by atoms with E-state index in [2.05, 4.69) is 10.6 Å². The number of hydrogen-bond donors (Lipinski definition) is 2. The molecule has 0 aromatic carbocycles. The molecule has 0 spiro atoms. The number of nitrogens with zero attached hydrogens (tertiary/aromatic N) is 1. The molecule has 1 heterocycles. The van der Waals surface area contributed by atoms with Crippen molar-refractivity contribution >= 4 is 11.8 Å². The van der Waals surface area contributed by atoms with E-state index in [4.69, 9.17) is 0 Å². The van der Waals surface area contributed by atoms with Gasteiger partial charge in [0.1, 0.15) is 6.04 Å². The summed E-state index contributed by atoms with van der Waals surface area (Å²) >= 11 is 0. The van der Waals surface area contributed by atoms with E-state index < -0.39 is 0 Å². The fourth-order valence-corrected chi connectivity index (χ4v) is 1.61. The first-order valence-electron chi connectivity index (χ1n) is 4.92. The Labute approximate surface area is 83.8 Å². The van der Waals surface area contributed by atoms with Crippen molar-refractivity contribution in [3.63, 3.8) is 0 Å². The molecule has 1 unspecified atom stereocenters. The Morgan fingerprint density at radius 2 is 2.29 bits per heavy atom. The highest BCUT2D eigenvalue weighted by Crippen LogP contribution is 2.05. The molecule has 1 aliphatic rings. The molecule has 2 amide bonds. The van der Waals surface area contributed by atoms with Crippen LogP contribution in [0, 0.1) is 0 Å². The Balaban J connectivity index is 2.68. The summed E-state index contributed by atoms with van der Waals surface area (Å²) < 4.78 is 0. The number of piperazine rings is 1. The first-order chi connectivity index (χ1) is 6.70. The van der Waals surface area contributed by atoms with Crippen LogP contribution < -0.4 is 10.6 Å². The van der Waals surface area contributed by atoms with Gasteiger partial charge < -0.3 is 15.5 Å². The standard InChI is InChI=1S/C9H17N3O2/c1-3-8(13)12-5-4-11-6-7(12)9(14)10-2/h7,11H,3-6H2,1-2H3,(H,10,14). The zero-order valence-corrected chi connectivity index (χ0v) is 8.67. The maximum Gasteiger partial charge on any atom is 0.243 e. The lowest BCUT2D eigenvalue weighted by Crippen LogP contribution is -2.59. The maximum absolute atomic E-state index is 11.5. The molecule has 0 radical (unpaired) electrons. The largest absolute Gasteiger partial charge is 0.357 e. The van der Waals surface area contributed by atoms with E-state index in [9.17, 15) is 9.59 Å². The van der Waals surface area contributed by atoms with Crippen LogP contribution in [0.2, 0.25) is 0 Å². The molecule has 1 fully saturated rings. The van der Waals surface area contributed by atoms with Crippen LogP contribution >= 0.6 is 0 Å². The lowest BCUT2D eigenvalue weighted by molar-refractivity contribution is -0.141. The topological polar surface area (TPSA) is 61.4 Å². The highest BCUT2D eigenvalue weighted by molar-refractivity contribution is 5.87. The SMILES string of the molecule is CCC(=O)N1CCNCC1C(=O)NC. The number of nitrogens with one attached hydrogen (secondary N) is 2. The van der Waals surface area contributed by atoms with Crippen LogP contribution in [0.4, 0.5) is 0 Å². The van der Waals surface area contributed by atoms with Crippen molar-refractivity contribution in [1.82, 2.24) is 15.5 Å². The maximum atomic E-state index is 11.5. The minimum atomic E-state index is -0.346. The Morgan fingerprint density at radius 1 is 1.57 bits per heavy atom. The predicted molar refractivity (Wildman–Crippen MR) is 52.7 cm³/mol. The third kappa shape index (κ3) is 2.23. The van der Waals surface area contributed by atoms with Crippen LogP contribution in [0.1, 0.15) is 13.3 Å². The van der Waals surface area contributed by atoms with Crippen LogP contribution in [0.5, 0.6) is 0 Å². The molecule has 1 atom stereocenters. The molecular formula is C9H17N3O2. The van der Waals surface area contributed by atoms with E-state index in [-0.39, 0.29) is 17.9 Å². The van der Waals surface area contributed by atoms with Crippen molar-refractivity contribution in [2.24, 2.45) is 0 Å². The molecule has 1 saturated heterocycles. The molecule has 0 aromatic rings. The van der Waals surface area contributed by atoms with Gasteiger partial charge in [0.2, 0.25) is 11.8 Å². The van der Waals surface area contributed by atoms with Gasteiger partial charge in [0.25, 0.3) is 0 Å². The number of rotatable bonds is 2. The summed E-state index contributed by atoms with van der Waals surface area (Å²) in [5.74, 6) is -0.0564. The van der Waals surface area contributed by atoms with Crippen molar-refractivity contribution in [2.75, 3.05) is 26.7 Å². The summed E-state index contributed by atoms with van der Waals surface area (Å²) in [5.41, 5.74) is 0. The van der Waals surface area contributed by atoms with Crippen LogP contribution in [0.25, 0.3) is 0 Å². The first-order valence-corrected chi connectivity index (χ1v) is 4.92. The number of carbonyl (C=O) groups excluding carboxylic acids is 2. The Kier molecular flexibility index (Phi) is 3.88. The Hall–Kier alpha value is -1.10. The number of carbonyl (C=O) groups is 2. The molecule has 5 heteroatoms. The van der Waals surface area contributed by atoms with Gasteiger partial charge in [-0.3, -0.25) is 9.59 Å². The van der Waals surface area contributed by atoms with Gasteiger partial charge in [-0.2, -0.15) is 0 Å². The van der Waals surface area contributed by atoms with Gasteiger partial charge in [0.15, 0.2) is 0 Å². The second kappa shape index (κ2) is 4.95. The molecule has 2 N–H and O–H groups in total. The Morgan fingerprint density at radius 3 is 2.86 bits per heavy atom. The molecule has 0 saturated carbocycles. The molecule has 0 aromatic heterocycles. The van der Waals surface area contributed by atoms with E-state index in [1.165, 1.54) is 0 Å². The van der Waals surface area contributed by atoms with Crippen LogP contribution in [0.15, 0.2) is 0 Å². The molecule has 0 bridgehead atoms. The normalized spacial score (nSPS) is 21.9. The molecule has 14 heavy (non-hydrogen) atoms. The minimum Gasteiger partial charge on any atom is -0.357 e. The van der Waals surface area contributed by atoms with Gasteiger partial charge in [0, 0.05) is 33.1 Å². The summed E-state index contributed by atoms with van der Waals surface area (Å²) in [7, 11) is 1.59. The van der Waals surface area contributed by atoms with Crippen LogP contribution in [-0.4, -0.2) is 49.4 Å². The number of likely N-dealkylation sites (N-methyl/N-ethyl adjacent to an activating group) is 1.